The van der Waals surface area contributed by atoms with E-state index in [-0.39, 0.29) is 11.9 Å². The second-order valence-corrected chi connectivity index (χ2v) is 5.07. The van der Waals surface area contributed by atoms with Crippen LogP contribution in [0.25, 0.3) is 0 Å². The van der Waals surface area contributed by atoms with Gasteiger partial charge in [0, 0.05) is 18.3 Å². The Balaban J connectivity index is 2.29. The van der Waals surface area contributed by atoms with E-state index in [0.717, 1.165) is 25.9 Å². The fourth-order valence-electron chi connectivity index (χ4n) is 1.68. The zero-order valence-electron chi connectivity index (χ0n) is 9.25. The van der Waals surface area contributed by atoms with Crippen molar-refractivity contribution >= 4 is 17.7 Å². The summed E-state index contributed by atoms with van der Waals surface area (Å²) in [7, 11) is 1.86. The third-order valence-corrected chi connectivity index (χ3v) is 3.89. The van der Waals surface area contributed by atoms with Crippen molar-refractivity contribution in [2.24, 2.45) is 0 Å². The van der Waals surface area contributed by atoms with Gasteiger partial charge in [-0.1, -0.05) is 6.92 Å². The van der Waals surface area contributed by atoms with Crippen molar-refractivity contribution in [3.05, 3.63) is 0 Å². The van der Waals surface area contributed by atoms with E-state index >= 15 is 0 Å². The summed E-state index contributed by atoms with van der Waals surface area (Å²) in [6.45, 7) is 4.05. The molecule has 0 spiro atoms. The van der Waals surface area contributed by atoms with E-state index in [1.165, 1.54) is 0 Å². The molecule has 82 valence electrons. The zero-order valence-corrected chi connectivity index (χ0v) is 10.1. The highest BCUT2D eigenvalue weighted by atomic mass is 32.2. The fraction of sp³-hybridized carbons (Fsp3) is 0.900. The van der Waals surface area contributed by atoms with E-state index in [1.807, 2.05) is 23.7 Å². The molecule has 0 bridgehead atoms. The molecule has 0 radical (unpaired) electrons. The molecule has 1 heterocycles. The number of hydrogen-bond donors (Lipinski definition) is 1. The van der Waals surface area contributed by atoms with Gasteiger partial charge in [0.25, 0.3) is 0 Å². The third kappa shape index (κ3) is 2.89. The molecule has 1 aliphatic heterocycles. The fourth-order valence-corrected chi connectivity index (χ4v) is 2.03. The maximum atomic E-state index is 11.7. The Kier molecular flexibility index (Phi) is 4.75. The van der Waals surface area contributed by atoms with Gasteiger partial charge in [0.1, 0.15) is 0 Å². The van der Waals surface area contributed by atoms with Gasteiger partial charge in [0.05, 0.1) is 6.04 Å². The average Bonchev–Trinajstić information content (AvgIpc) is 2.56. The molecule has 1 amide bonds. The second kappa shape index (κ2) is 5.61. The van der Waals surface area contributed by atoms with Crippen LogP contribution in [0.3, 0.4) is 0 Å². The maximum absolute atomic E-state index is 11.7. The molecule has 0 aromatic rings. The molecule has 1 fully saturated rings. The van der Waals surface area contributed by atoms with Crippen LogP contribution in [0.2, 0.25) is 0 Å². The number of carbonyl (C=O) groups excluding carboxylic acids is 1. The standard InChI is InChI=1S/C10H20N2OS/c1-8(14-3)4-6-12-7-5-9(11-2)10(12)13/h8-9,11H,4-7H2,1-3H3. The van der Waals surface area contributed by atoms with Crippen LogP contribution in [-0.4, -0.2) is 48.5 Å². The van der Waals surface area contributed by atoms with Crippen LogP contribution in [0.1, 0.15) is 19.8 Å². The lowest BCUT2D eigenvalue weighted by atomic mass is 10.2. The summed E-state index contributed by atoms with van der Waals surface area (Å²) in [5.74, 6) is 0.279. The first-order chi connectivity index (χ1) is 6.69. The molecule has 4 heteroatoms. The van der Waals surface area contributed by atoms with Gasteiger partial charge in [0.15, 0.2) is 0 Å². The van der Waals surface area contributed by atoms with Crippen molar-refractivity contribution in [3.63, 3.8) is 0 Å². The van der Waals surface area contributed by atoms with Crippen molar-refractivity contribution in [1.82, 2.24) is 10.2 Å². The Bertz CT molecular complexity index is 199. The zero-order chi connectivity index (χ0) is 10.6. The van der Waals surface area contributed by atoms with Gasteiger partial charge in [-0.05, 0) is 26.1 Å². The van der Waals surface area contributed by atoms with Crippen LogP contribution in [0.5, 0.6) is 0 Å². The predicted octanol–water partition coefficient (Wildman–Crippen LogP) is 0.948. The van der Waals surface area contributed by atoms with Crippen LogP contribution < -0.4 is 5.32 Å². The number of amides is 1. The highest BCUT2D eigenvalue weighted by Crippen LogP contribution is 2.15. The minimum Gasteiger partial charge on any atom is -0.341 e. The molecule has 0 aromatic heterocycles. The molecule has 2 atom stereocenters. The van der Waals surface area contributed by atoms with Gasteiger partial charge < -0.3 is 10.2 Å². The average molecular weight is 216 g/mol. The number of nitrogens with one attached hydrogen (secondary N) is 1. The Hall–Kier alpha value is -0.220. The minimum atomic E-state index is 0.0691. The summed E-state index contributed by atoms with van der Waals surface area (Å²) in [6, 6.07) is 0.0691. The Labute approximate surface area is 90.6 Å². The quantitative estimate of drug-likeness (QED) is 0.742. The number of nitrogens with zero attached hydrogens (tertiary/aromatic N) is 1. The molecule has 14 heavy (non-hydrogen) atoms. The largest absolute Gasteiger partial charge is 0.341 e. The van der Waals surface area contributed by atoms with Crippen molar-refractivity contribution in [3.8, 4) is 0 Å². The molecule has 1 saturated heterocycles. The molecule has 0 aromatic carbocycles. The number of thioether (sulfide) groups is 1. The number of likely N-dealkylation sites (N-methyl/N-ethyl adjacent to an activating group) is 1. The third-order valence-electron chi connectivity index (χ3n) is 2.85. The number of rotatable bonds is 5. The van der Waals surface area contributed by atoms with Gasteiger partial charge in [-0.3, -0.25) is 4.79 Å². The van der Waals surface area contributed by atoms with E-state index in [0.29, 0.717) is 5.25 Å². The topological polar surface area (TPSA) is 32.3 Å². The van der Waals surface area contributed by atoms with E-state index in [1.54, 1.807) is 0 Å². The first-order valence-corrected chi connectivity index (χ1v) is 6.46. The summed E-state index contributed by atoms with van der Waals surface area (Å²) in [4.78, 5) is 13.7. The molecular weight excluding hydrogens is 196 g/mol. The van der Waals surface area contributed by atoms with E-state index in [2.05, 4.69) is 18.5 Å². The summed E-state index contributed by atoms with van der Waals surface area (Å²) in [5, 5.41) is 3.70. The Morgan fingerprint density at radius 2 is 2.43 bits per heavy atom. The normalized spacial score (nSPS) is 24.4. The SMILES string of the molecule is CNC1CCN(CCC(C)SC)C1=O. The van der Waals surface area contributed by atoms with Gasteiger partial charge in [-0.25, -0.2) is 0 Å². The number of carbonyl (C=O) groups is 1. The van der Waals surface area contributed by atoms with Crippen LogP contribution in [0.15, 0.2) is 0 Å². The molecule has 0 aliphatic carbocycles. The molecule has 1 rings (SSSR count). The molecular formula is C10H20N2OS. The predicted molar refractivity (Wildman–Crippen MR) is 61.6 cm³/mol. The van der Waals surface area contributed by atoms with Crippen molar-refractivity contribution in [2.75, 3.05) is 26.4 Å². The first-order valence-electron chi connectivity index (χ1n) is 5.18. The Morgan fingerprint density at radius 1 is 1.71 bits per heavy atom. The van der Waals surface area contributed by atoms with E-state index in [9.17, 15) is 4.79 Å². The summed E-state index contributed by atoms with van der Waals surface area (Å²) >= 11 is 1.86. The van der Waals surface area contributed by atoms with E-state index in [4.69, 9.17) is 0 Å². The van der Waals surface area contributed by atoms with Gasteiger partial charge in [-0.2, -0.15) is 11.8 Å². The number of hydrogen-bond acceptors (Lipinski definition) is 3. The van der Waals surface area contributed by atoms with Crippen LogP contribution in [0.4, 0.5) is 0 Å². The lowest BCUT2D eigenvalue weighted by molar-refractivity contribution is -0.129. The highest BCUT2D eigenvalue weighted by molar-refractivity contribution is 7.99. The highest BCUT2D eigenvalue weighted by Gasteiger charge is 2.29. The summed E-state index contributed by atoms with van der Waals surface area (Å²) < 4.78 is 0. The van der Waals surface area contributed by atoms with Crippen molar-refractivity contribution in [1.29, 1.82) is 0 Å². The summed E-state index contributed by atoms with van der Waals surface area (Å²) in [5.41, 5.74) is 0. The van der Waals surface area contributed by atoms with Gasteiger partial charge in [-0.15, -0.1) is 0 Å². The second-order valence-electron chi connectivity index (χ2n) is 3.79. The molecule has 2 unspecified atom stereocenters. The maximum Gasteiger partial charge on any atom is 0.239 e. The first kappa shape index (κ1) is 11.9. The number of likely N-dealkylation sites (tertiary alicyclic amines) is 1. The van der Waals surface area contributed by atoms with Crippen molar-refractivity contribution in [2.45, 2.75) is 31.1 Å². The monoisotopic (exact) mass is 216 g/mol. The lowest BCUT2D eigenvalue weighted by Crippen LogP contribution is -2.37. The van der Waals surface area contributed by atoms with Crippen LogP contribution in [0, 0.1) is 0 Å². The van der Waals surface area contributed by atoms with E-state index < -0.39 is 0 Å². The smallest absolute Gasteiger partial charge is 0.239 e. The molecule has 1 N–H and O–H groups in total. The molecule has 1 aliphatic rings. The van der Waals surface area contributed by atoms with Crippen LogP contribution in [-0.2, 0) is 4.79 Å². The minimum absolute atomic E-state index is 0.0691. The van der Waals surface area contributed by atoms with Crippen molar-refractivity contribution < 1.29 is 4.79 Å². The Morgan fingerprint density at radius 3 is 2.93 bits per heavy atom. The van der Waals surface area contributed by atoms with Gasteiger partial charge >= 0.3 is 0 Å². The molecule has 0 saturated carbocycles. The molecule has 3 nitrogen and oxygen atoms in total. The summed E-state index contributed by atoms with van der Waals surface area (Å²) in [6.07, 6.45) is 4.18. The van der Waals surface area contributed by atoms with Gasteiger partial charge in [0.2, 0.25) is 5.91 Å². The lowest BCUT2D eigenvalue weighted by Gasteiger charge is -2.18. The van der Waals surface area contributed by atoms with Crippen LogP contribution >= 0.6 is 11.8 Å².